The minimum absolute atomic E-state index is 0.349. The molecule has 0 saturated carbocycles. The summed E-state index contributed by atoms with van der Waals surface area (Å²) in [5, 5.41) is 1.48. The Balaban J connectivity index is 2.30. The van der Waals surface area contributed by atoms with Crippen molar-refractivity contribution in [3.05, 3.63) is 47.5 Å². The van der Waals surface area contributed by atoms with Crippen LogP contribution in [0, 0.1) is 0 Å². The topological polar surface area (TPSA) is 17.1 Å². The molecule has 0 amide bonds. The van der Waals surface area contributed by atoms with Crippen LogP contribution in [0.5, 0.6) is 0 Å². The fourth-order valence-electron chi connectivity index (χ4n) is 2.55. The van der Waals surface area contributed by atoms with Crippen LogP contribution in [0.25, 0.3) is 10.8 Å². The van der Waals surface area contributed by atoms with E-state index < -0.39 is 11.7 Å². The van der Waals surface area contributed by atoms with Crippen molar-refractivity contribution in [1.82, 2.24) is 0 Å². The highest BCUT2D eigenvalue weighted by Gasteiger charge is 2.33. The smallest absolute Gasteiger partial charge is 0.291 e. The van der Waals surface area contributed by atoms with Crippen LogP contribution >= 0.6 is 0 Å². The number of hydrogen-bond donors (Lipinski definition) is 0. The lowest BCUT2D eigenvalue weighted by molar-refractivity contribution is -0.138. The van der Waals surface area contributed by atoms with Crippen LogP contribution in [0.3, 0.4) is 0 Å². The number of carbonyl (C=O) groups excluding carboxylic acids is 1. The number of aryl methyl sites for hydroxylation is 1. The SMILES string of the molecule is O=[C]CCCCCc1c(C(F)(F)F)ccc2ccccc12. The molecule has 0 heterocycles. The van der Waals surface area contributed by atoms with Gasteiger partial charge in [0.25, 0.3) is 0 Å². The molecule has 2 rings (SSSR count). The molecular weight excluding hydrogens is 277 g/mol. The first kappa shape index (κ1) is 15.5. The second-order valence-electron chi connectivity index (χ2n) is 5.02. The highest BCUT2D eigenvalue weighted by Crippen LogP contribution is 2.36. The molecule has 111 valence electrons. The Morgan fingerprint density at radius 3 is 2.43 bits per heavy atom. The maximum atomic E-state index is 13.2. The lowest BCUT2D eigenvalue weighted by Gasteiger charge is -2.15. The summed E-state index contributed by atoms with van der Waals surface area (Å²) in [5.74, 6) is 0. The zero-order valence-electron chi connectivity index (χ0n) is 11.5. The van der Waals surface area contributed by atoms with E-state index in [4.69, 9.17) is 0 Å². The van der Waals surface area contributed by atoms with Crippen molar-refractivity contribution < 1.29 is 18.0 Å². The molecule has 21 heavy (non-hydrogen) atoms. The quantitative estimate of drug-likeness (QED) is 0.679. The summed E-state index contributed by atoms with van der Waals surface area (Å²) in [4.78, 5) is 10.1. The van der Waals surface area contributed by atoms with Gasteiger partial charge in [0, 0.05) is 6.42 Å². The minimum Gasteiger partial charge on any atom is -0.291 e. The zero-order valence-corrected chi connectivity index (χ0v) is 11.5. The van der Waals surface area contributed by atoms with E-state index in [2.05, 4.69) is 0 Å². The van der Waals surface area contributed by atoms with Gasteiger partial charge in [0.15, 0.2) is 6.29 Å². The number of halogens is 3. The lowest BCUT2D eigenvalue weighted by atomic mass is 9.94. The number of unbranched alkanes of at least 4 members (excludes halogenated alkanes) is 3. The van der Waals surface area contributed by atoms with Crippen molar-refractivity contribution in [2.24, 2.45) is 0 Å². The van der Waals surface area contributed by atoms with Crippen molar-refractivity contribution in [2.45, 2.75) is 38.3 Å². The first-order chi connectivity index (χ1) is 10.0. The molecule has 2 aromatic carbocycles. The molecule has 0 spiro atoms. The Morgan fingerprint density at radius 1 is 0.952 bits per heavy atom. The second kappa shape index (κ2) is 6.74. The molecule has 0 aliphatic carbocycles. The van der Waals surface area contributed by atoms with E-state index in [1.807, 2.05) is 12.1 Å². The van der Waals surface area contributed by atoms with Gasteiger partial charge >= 0.3 is 6.18 Å². The standard InChI is InChI=1S/C17H16F3O/c18-17(19,20)16-11-10-13-7-4-5-8-14(13)15(16)9-3-1-2-6-12-21/h4-5,7-8,10-11H,1-3,6,9H2. The van der Waals surface area contributed by atoms with E-state index in [-0.39, 0.29) is 0 Å². The summed E-state index contributed by atoms with van der Waals surface area (Å²) >= 11 is 0. The van der Waals surface area contributed by atoms with Gasteiger partial charge in [-0.2, -0.15) is 13.2 Å². The number of fused-ring (bicyclic) bond motifs is 1. The molecule has 1 radical (unpaired) electrons. The number of rotatable bonds is 6. The summed E-state index contributed by atoms with van der Waals surface area (Å²) in [6.45, 7) is 0. The van der Waals surface area contributed by atoms with Gasteiger partial charge in [-0.1, -0.05) is 36.8 Å². The Labute approximate surface area is 121 Å². The van der Waals surface area contributed by atoms with Crippen LogP contribution in [0.15, 0.2) is 36.4 Å². The second-order valence-corrected chi connectivity index (χ2v) is 5.02. The molecule has 0 aliphatic rings. The Kier molecular flexibility index (Phi) is 4.99. The Morgan fingerprint density at radius 2 is 1.71 bits per heavy atom. The van der Waals surface area contributed by atoms with Gasteiger partial charge in [-0.3, -0.25) is 4.79 Å². The van der Waals surface area contributed by atoms with Crippen molar-refractivity contribution in [3.8, 4) is 0 Å². The maximum Gasteiger partial charge on any atom is 0.416 e. The predicted octanol–water partition coefficient (Wildman–Crippen LogP) is 5.07. The number of benzene rings is 2. The molecule has 0 atom stereocenters. The van der Waals surface area contributed by atoms with Gasteiger partial charge in [-0.05, 0) is 41.7 Å². The first-order valence-corrected chi connectivity index (χ1v) is 6.97. The van der Waals surface area contributed by atoms with Gasteiger partial charge in [0.05, 0.1) is 5.56 Å². The van der Waals surface area contributed by atoms with Crippen LogP contribution in [-0.4, -0.2) is 6.29 Å². The predicted molar refractivity (Wildman–Crippen MR) is 76.8 cm³/mol. The molecule has 0 aromatic heterocycles. The third kappa shape index (κ3) is 3.84. The molecule has 0 bridgehead atoms. The Bertz CT molecular complexity index is 617. The van der Waals surface area contributed by atoms with E-state index in [9.17, 15) is 18.0 Å². The van der Waals surface area contributed by atoms with E-state index >= 15 is 0 Å². The largest absolute Gasteiger partial charge is 0.416 e. The van der Waals surface area contributed by atoms with E-state index in [1.54, 1.807) is 18.4 Å². The molecule has 0 fully saturated rings. The molecule has 0 saturated heterocycles. The van der Waals surface area contributed by atoms with Crippen LogP contribution in [0.4, 0.5) is 13.2 Å². The first-order valence-electron chi connectivity index (χ1n) is 6.97. The zero-order chi connectivity index (χ0) is 15.3. The Hall–Kier alpha value is -1.84. The molecule has 0 N–H and O–H groups in total. The molecule has 1 nitrogen and oxygen atoms in total. The highest BCUT2D eigenvalue weighted by atomic mass is 19.4. The van der Waals surface area contributed by atoms with Gasteiger partial charge in [0.1, 0.15) is 0 Å². The van der Waals surface area contributed by atoms with Crippen molar-refractivity contribution in [2.75, 3.05) is 0 Å². The summed E-state index contributed by atoms with van der Waals surface area (Å²) in [6.07, 6.45) is 0.229. The highest BCUT2D eigenvalue weighted by molar-refractivity contribution is 5.87. The van der Waals surface area contributed by atoms with Gasteiger partial charge in [-0.25, -0.2) is 0 Å². The fraction of sp³-hybridized carbons (Fsp3) is 0.353. The van der Waals surface area contributed by atoms with E-state index in [1.165, 1.54) is 6.07 Å². The molecule has 0 unspecified atom stereocenters. The van der Waals surface area contributed by atoms with E-state index in [0.29, 0.717) is 36.6 Å². The third-order valence-electron chi connectivity index (χ3n) is 3.55. The molecule has 0 aliphatic heterocycles. The number of alkyl halides is 3. The van der Waals surface area contributed by atoms with Crippen molar-refractivity contribution >= 4 is 17.1 Å². The maximum absolute atomic E-state index is 13.2. The lowest BCUT2D eigenvalue weighted by Crippen LogP contribution is -2.09. The van der Waals surface area contributed by atoms with Crippen LogP contribution in [-0.2, 0) is 17.4 Å². The molecule has 4 heteroatoms. The van der Waals surface area contributed by atoms with Crippen LogP contribution < -0.4 is 0 Å². The van der Waals surface area contributed by atoms with Crippen LogP contribution in [0.1, 0.15) is 36.8 Å². The monoisotopic (exact) mass is 293 g/mol. The summed E-state index contributed by atoms with van der Waals surface area (Å²) in [7, 11) is 0. The molecular formula is C17H16F3O. The van der Waals surface area contributed by atoms with Gasteiger partial charge in [-0.15, -0.1) is 0 Å². The normalized spacial score (nSPS) is 11.8. The third-order valence-corrected chi connectivity index (χ3v) is 3.55. The van der Waals surface area contributed by atoms with E-state index in [0.717, 1.165) is 17.9 Å². The number of hydrogen-bond acceptors (Lipinski definition) is 1. The van der Waals surface area contributed by atoms with Crippen molar-refractivity contribution in [3.63, 3.8) is 0 Å². The summed E-state index contributed by atoms with van der Waals surface area (Å²) < 4.78 is 39.5. The average molecular weight is 293 g/mol. The fourth-order valence-corrected chi connectivity index (χ4v) is 2.55. The molecule has 2 aromatic rings. The van der Waals surface area contributed by atoms with Crippen molar-refractivity contribution in [1.29, 1.82) is 0 Å². The minimum atomic E-state index is -4.34. The summed E-state index contributed by atoms with van der Waals surface area (Å²) in [6, 6.07) is 9.81. The summed E-state index contributed by atoms with van der Waals surface area (Å²) in [5.41, 5.74) is -0.196. The van der Waals surface area contributed by atoms with Gasteiger partial charge < -0.3 is 0 Å². The average Bonchev–Trinajstić information content (AvgIpc) is 2.45. The van der Waals surface area contributed by atoms with Gasteiger partial charge in [0.2, 0.25) is 0 Å². The van der Waals surface area contributed by atoms with Crippen LogP contribution in [0.2, 0.25) is 0 Å².